The molecule has 3 aliphatic heterocycles. The van der Waals surface area contributed by atoms with Crippen molar-refractivity contribution in [1.82, 2.24) is 25.3 Å². The van der Waals surface area contributed by atoms with Crippen molar-refractivity contribution in [2.75, 3.05) is 47.4 Å². The van der Waals surface area contributed by atoms with Gasteiger partial charge < -0.3 is 15.4 Å². The lowest BCUT2D eigenvalue weighted by Gasteiger charge is -2.48. The molecular weight excluding hydrogens is 456 g/mol. The molecule has 1 aliphatic carbocycles. The SMILES string of the molecule is CN(C(=O)C1CCOCC1)C1=NCC(N2CC3(CCC(c4ccccc4)(N(C)C)CC3)NC2=O)=CN1. The van der Waals surface area contributed by atoms with E-state index < -0.39 is 0 Å². The number of ether oxygens (including phenoxy) is 1. The number of urea groups is 1. The Morgan fingerprint density at radius 2 is 1.78 bits per heavy atom. The Morgan fingerprint density at radius 1 is 1.08 bits per heavy atom. The Balaban J connectivity index is 1.22. The minimum Gasteiger partial charge on any atom is -0.381 e. The number of amides is 3. The molecule has 3 fully saturated rings. The molecule has 2 saturated heterocycles. The first-order chi connectivity index (χ1) is 17.3. The third kappa shape index (κ3) is 4.50. The molecule has 0 unspecified atom stereocenters. The van der Waals surface area contributed by atoms with Gasteiger partial charge in [-0.2, -0.15) is 0 Å². The summed E-state index contributed by atoms with van der Waals surface area (Å²) < 4.78 is 5.38. The summed E-state index contributed by atoms with van der Waals surface area (Å²) in [4.78, 5) is 36.3. The highest BCUT2D eigenvalue weighted by atomic mass is 16.5. The van der Waals surface area contributed by atoms with Crippen LogP contribution < -0.4 is 10.6 Å². The Labute approximate surface area is 213 Å². The Hall–Kier alpha value is -2.91. The second-order valence-corrected chi connectivity index (χ2v) is 10.8. The molecule has 1 spiro atoms. The zero-order valence-electron chi connectivity index (χ0n) is 21.6. The lowest BCUT2D eigenvalue weighted by atomic mass is 9.69. The van der Waals surface area contributed by atoms with Crippen LogP contribution in [0.4, 0.5) is 4.79 Å². The number of benzene rings is 1. The number of aliphatic imine (C=N–C) groups is 1. The fourth-order valence-corrected chi connectivity index (χ4v) is 6.19. The molecule has 5 rings (SSSR count). The first-order valence-corrected chi connectivity index (χ1v) is 13.0. The topological polar surface area (TPSA) is 89.5 Å². The molecular formula is C27H38N6O3. The third-order valence-corrected chi connectivity index (χ3v) is 8.60. The number of carbonyl (C=O) groups is 2. The van der Waals surface area contributed by atoms with Gasteiger partial charge in [-0.25, -0.2) is 9.79 Å². The quantitative estimate of drug-likeness (QED) is 0.671. The van der Waals surface area contributed by atoms with Crippen molar-refractivity contribution < 1.29 is 14.3 Å². The molecule has 0 atom stereocenters. The van der Waals surface area contributed by atoms with Crippen LogP contribution in [0.15, 0.2) is 47.2 Å². The summed E-state index contributed by atoms with van der Waals surface area (Å²) in [6, 6.07) is 10.6. The molecule has 0 bridgehead atoms. The molecule has 1 aromatic rings. The number of hydrogen-bond acceptors (Lipinski definition) is 6. The third-order valence-electron chi connectivity index (χ3n) is 8.60. The molecule has 1 aromatic carbocycles. The highest BCUT2D eigenvalue weighted by molar-refractivity contribution is 5.98. The number of nitrogens with one attached hydrogen (secondary N) is 2. The summed E-state index contributed by atoms with van der Waals surface area (Å²) >= 11 is 0. The first kappa shape index (κ1) is 24.8. The molecule has 0 radical (unpaired) electrons. The Kier molecular flexibility index (Phi) is 6.78. The lowest BCUT2D eigenvalue weighted by Crippen LogP contribution is -2.54. The van der Waals surface area contributed by atoms with Gasteiger partial charge in [-0.15, -0.1) is 0 Å². The van der Waals surface area contributed by atoms with Crippen molar-refractivity contribution in [1.29, 1.82) is 0 Å². The van der Waals surface area contributed by atoms with Crippen molar-refractivity contribution in [3.8, 4) is 0 Å². The van der Waals surface area contributed by atoms with Crippen LogP contribution in [0.2, 0.25) is 0 Å². The van der Waals surface area contributed by atoms with Crippen LogP contribution in [-0.4, -0.2) is 85.6 Å². The van der Waals surface area contributed by atoms with E-state index in [-0.39, 0.29) is 28.9 Å². The lowest BCUT2D eigenvalue weighted by molar-refractivity contribution is -0.133. The smallest absolute Gasteiger partial charge is 0.322 e. The predicted octanol–water partition coefficient (Wildman–Crippen LogP) is 2.47. The Morgan fingerprint density at radius 3 is 2.39 bits per heavy atom. The van der Waals surface area contributed by atoms with Gasteiger partial charge in [0.05, 0.1) is 24.3 Å². The van der Waals surface area contributed by atoms with Gasteiger partial charge in [0.1, 0.15) is 0 Å². The van der Waals surface area contributed by atoms with Gasteiger partial charge in [0.15, 0.2) is 0 Å². The Bertz CT molecular complexity index is 1040. The van der Waals surface area contributed by atoms with E-state index in [0.29, 0.717) is 32.3 Å². The number of rotatable bonds is 4. The van der Waals surface area contributed by atoms with Crippen LogP contribution in [-0.2, 0) is 15.1 Å². The minimum absolute atomic E-state index is 0.0168. The summed E-state index contributed by atoms with van der Waals surface area (Å²) in [6.07, 6.45) is 7.11. The number of hydrogen-bond donors (Lipinski definition) is 2. The molecule has 3 heterocycles. The normalized spacial score (nSPS) is 29.0. The van der Waals surface area contributed by atoms with E-state index in [1.807, 2.05) is 11.1 Å². The number of nitrogens with zero attached hydrogens (tertiary/aromatic N) is 4. The first-order valence-electron chi connectivity index (χ1n) is 13.0. The minimum atomic E-state index is -0.230. The van der Waals surface area contributed by atoms with E-state index >= 15 is 0 Å². The van der Waals surface area contributed by atoms with E-state index in [1.54, 1.807) is 11.9 Å². The van der Waals surface area contributed by atoms with Crippen molar-refractivity contribution in [2.45, 2.75) is 49.6 Å². The predicted molar refractivity (Wildman–Crippen MR) is 138 cm³/mol. The van der Waals surface area contributed by atoms with E-state index in [0.717, 1.165) is 44.2 Å². The average Bonchev–Trinajstić information content (AvgIpc) is 3.24. The van der Waals surface area contributed by atoms with Gasteiger partial charge >= 0.3 is 6.03 Å². The molecule has 2 N–H and O–H groups in total. The molecule has 4 aliphatic rings. The number of carbonyl (C=O) groups excluding carboxylic acids is 2. The van der Waals surface area contributed by atoms with Crippen LogP contribution in [0.25, 0.3) is 0 Å². The molecule has 194 valence electrons. The van der Waals surface area contributed by atoms with Gasteiger partial charge in [-0.3, -0.25) is 19.5 Å². The summed E-state index contributed by atoms with van der Waals surface area (Å²) in [5.41, 5.74) is 1.92. The summed E-state index contributed by atoms with van der Waals surface area (Å²) in [5.74, 6) is 0.560. The van der Waals surface area contributed by atoms with Crippen molar-refractivity contribution in [3.05, 3.63) is 47.8 Å². The second kappa shape index (κ2) is 9.86. The molecule has 9 nitrogen and oxygen atoms in total. The summed E-state index contributed by atoms with van der Waals surface area (Å²) in [7, 11) is 6.07. The largest absolute Gasteiger partial charge is 0.381 e. The maximum Gasteiger partial charge on any atom is 0.322 e. The van der Waals surface area contributed by atoms with Gasteiger partial charge in [-0.1, -0.05) is 30.3 Å². The van der Waals surface area contributed by atoms with Crippen molar-refractivity contribution in [3.63, 3.8) is 0 Å². The molecule has 3 amide bonds. The summed E-state index contributed by atoms with van der Waals surface area (Å²) in [6.45, 7) is 2.25. The van der Waals surface area contributed by atoms with Gasteiger partial charge in [-0.05, 0) is 58.2 Å². The van der Waals surface area contributed by atoms with Crippen LogP contribution >= 0.6 is 0 Å². The van der Waals surface area contributed by atoms with E-state index in [1.165, 1.54) is 5.56 Å². The average molecular weight is 495 g/mol. The molecule has 1 saturated carbocycles. The number of guanidine groups is 1. The molecule has 36 heavy (non-hydrogen) atoms. The van der Waals surface area contributed by atoms with Crippen molar-refractivity contribution in [2.24, 2.45) is 10.9 Å². The fourth-order valence-electron chi connectivity index (χ4n) is 6.19. The van der Waals surface area contributed by atoms with E-state index in [2.05, 4.69) is 65.0 Å². The molecule has 9 heteroatoms. The van der Waals surface area contributed by atoms with Gasteiger partial charge in [0.25, 0.3) is 0 Å². The van der Waals surface area contributed by atoms with Crippen LogP contribution in [0.3, 0.4) is 0 Å². The maximum atomic E-state index is 13.1. The monoisotopic (exact) mass is 494 g/mol. The zero-order valence-corrected chi connectivity index (χ0v) is 21.6. The van der Waals surface area contributed by atoms with Gasteiger partial charge in [0, 0.05) is 37.9 Å². The van der Waals surface area contributed by atoms with E-state index in [9.17, 15) is 9.59 Å². The molecule has 0 aromatic heterocycles. The van der Waals surface area contributed by atoms with Crippen LogP contribution in [0.5, 0.6) is 0 Å². The van der Waals surface area contributed by atoms with Crippen molar-refractivity contribution >= 4 is 17.9 Å². The van der Waals surface area contributed by atoms with E-state index in [4.69, 9.17) is 4.74 Å². The van der Waals surface area contributed by atoms with Crippen LogP contribution in [0.1, 0.15) is 44.1 Å². The second-order valence-electron chi connectivity index (χ2n) is 10.8. The highest BCUT2D eigenvalue weighted by Gasteiger charge is 2.50. The summed E-state index contributed by atoms with van der Waals surface area (Å²) in [5, 5.41) is 6.48. The fraction of sp³-hybridized carbons (Fsp3) is 0.593. The maximum absolute atomic E-state index is 13.1. The van der Waals surface area contributed by atoms with Crippen LogP contribution in [0, 0.1) is 5.92 Å². The standard InChI is InChI=1S/C27H38N6O3/c1-31(2)27(21-7-5-4-6-8-21)13-11-26(12-14-27)19-33(25(35)30-26)22-17-28-24(29-18-22)32(3)23(34)20-9-15-36-16-10-20/h4-8,17,20H,9-16,18-19H2,1-3H3,(H,28,29)(H,30,35). The van der Waals surface area contributed by atoms with Gasteiger partial charge in [0.2, 0.25) is 11.9 Å². The zero-order chi connectivity index (χ0) is 25.3. The highest BCUT2D eigenvalue weighted by Crippen LogP contribution is 2.46.